The van der Waals surface area contributed by atoms with Crippen molar-refractivity contribution in [1.29, 1.82) is 0 Å². The van der Waals surface area contributed by atoms with Gasteiger partial charge < -0.3 is 11.1 Å². The first-order chi connectivity index (χ1) is 6.56. The van der Waals surface area contributed by atoms with Crippen LogP contribution in [0.25, 0.3) is 0 Å². The predicted molar refractivity (Wildman–Crippen MR) is 54.5 cm³/mol. The zero-order valence-corrected chi connectivity index (χ0v) is 8.45. The van der Waals surface area contributed by atoms with Gasteiger partial charge in [-0.05, 0) is 18.6 Å². The standard InChI is InChI=1S/C10H15N3O/c1-10(11,6-9(14)12-2)8-4-3-5-13-7-8/h3-5,7H,6,11H2,1-2H3,(H,12,14)/t10-/m0/s1. The van der Waals surface area contributed by atoms with E-state index in [1.807, 2.05) is 19.1 Å². The second kappa shape index (κ2) is 4.19. The Hall–Kier alpha value is -1.42. The Labute approximate surface area is 83.5 Å². The summed E-state index contributed by atoms with van der Waals surface area (Å²) in [6, 6.07) is 3.68. The molecule has 0 aromatic carbocycles. The van der Waals surface area contributed by atoms with Gasteiger partial charge in [0.05, 0.1) is 0 Å². The largest absolute Gasteiger partial charge is 0.359 e. The molecule has 1 rings (SSSR count). The molecular formula is C10H15N3O. The molecule has 0 fully saturated rings. The third-order valence-corrected chi connectivity index (χ3v) is 2.13. The molecule has 4 heteroatoms. The summed E-state index contributed by atoms with van der Waals surface area (Å²) < 4.78 is 0. The van der Waals surface area contributed by atoms with Gasteiger partial charge in [0, 0.05) is 31.4 Å². The molecule has 0 aliphatic carbocycles. The first-order valence-electron chi connectivity index (χ1n) is 4.46. The zero-order valence-electron chi connectivity index (χ0n) is 8.45. The van der Waals surface area contributed by atoms with Crippen LogP contribution in [0.1, 0.15) is 18.9 Å². The van der Waals surface area contributed by atoms with E-state index in [0.717, 1.165) is 5.56 Å². The Bertz CT molecular complexity index is 308. The van der Waals surface area contributed by atoms with Crippen LogP contribution in [-0.2, 0) is 10.3 Å². The lowest BCUT2D eigenvalue weighted by Gasteiger charge is -2.23. The van der Waals surface area contributed by atoms with Crippen molar-refractivity contribution < 1.29 is 4.79 Å². The maximum atomic E-state index is 11.2. The quantitative estimate of drug-likeness (QED) is 0.729. The van der Waals surface area contributed by atoms with Crippen LogP contribution in [0.5, 0.6) is 0 Å². The molecule has 0 unspecified atom stereocenters. The van der Waals surface area contributed by atoms with Crippen molar-refractivity contribution in [3.8, 4) is 0 Å². The summed E-state index contributed by atoms with van der Waals surface area (Å²) in [6.07, 6.45) is 3.62. The minimum Gasteiger partial charge on any atom is -0.359 e. The molecule has 1 aromatic rings. The molecule has 0 spiro atoms. The van der Waals surface area contributed by atoms with E-state index >= 15 is 0 Å². The van der Waals surface area contributed by atoms with Crippen LogP contribution < -0.4 is 11.1 Å². The molecule has 3 N–H and O–H groups in total. The van der Waals surface area contributed by atoms with E-state index in [1.54, 1.807) is 19.4 Å². The lowest BCUT2D eigenvalue weighted by Crippen LogP contribution is -2.38. The van der Waals surface area contributed by atoms with Gasteiger partial charge in [0.15, 0.2) is 0 Å². The van der Waals surface area contributed by atoms with Gasteiger partial charge in [-0.2, -0.15) is 0 Å². The number of carbonyl (C=O) groups excluding carboxylic acids is 1. The number of nitrogens with one attached hydrogen (secondary N) is 1. The molecule has 0 radical (unpaired) electrons. The number of nitrogens with zero attached hydrogens (tertiary/aromatic N) is 1. The van der Waals surface area contributed by atoms with Gasteiger partial charge in [-0.1, -0.05) is 6.07 Å². The van der Waals surface area contributed by atoms with E-state index in [-0.39, 0.29) is 12.3 Å². The molecule has 0 aliphatic heterocycles. The second-order valence-corrected chi connectivity index (χ2v) is 3.51. The van der Waals surface area contributed by atoms with Gasteiger partial charge in [-0.25, -0.2) is 0 Å². The first kappa shape index (κ1) is 10.7. The number of aromatic nitrogens is 1. The van der Waals surface area contributed by atoms with E-state index in [4.69, 9.17) is 5.73 Å². The van der Waals surface area contributed by atoms with Gasteiger partial charge in [0.25, 0.3) is 0 Å². The molecule has 1 amide bonds. The van der Waals surface area contributed by atoms with Crippen LogP contribution in [0.3, 0.4) is 0 Å². The molecule has 14 heavy (non-hydrogen) atoms. The van der Waals surface area contributed by atoms with E-state index in [9.17, 15) is 4.79 Å². The van der Waals surface area contributed by atoms with E-state index in [2.05, 4.69) is 10.3 Å². The Morgan fingerprint density at radius 3 is 2.93 bits per heavy atom. The summed E-state index contributed by atoms with van der Waals surface area (Å²) in [5.74, 6) is -0.0705. The minimum atomic E-state index is -0.658. The molecule has 0 bridgehead atoms. The highest BCUT2D eigenvalue weighted by molar-refractivity contribution is 5.77. The van der Waals surface area contributed by atoms with Gasteiger partial charge in [0.1, 0.15) is 0 Å². The summed E-state index contributed by atoms with van der Waals surface area (Å²) in [7, 11) is 1.60. The predicted octanol–water partition coefficient (Wildman–Crippen LogP) is 0.392. The van der Waals surface area contributed by atoms with E-state index in [0.29, 0.717) is 0 Å². The number of hydrogen-bond acceptors (Lipinski definition) is 3. The van der Waals surface area contributed by atoms with Gasteiger partial charge in [0.2, 0.25) is 5.91 Å². The van der Waals surface area contributed by atoms with Gasteiger partial charge in [-0.3, -0.25) is 9.78 Å². The third-order valence-electron chi connectivity index (χ3n) is 2.13. The van der Waals surface area contributed by atoms with Crippen LogP contribution in [0.15, 0.2) is 24.5 Å². The highest BCUT2D eigenvalue weighted by Gasteiger charge is 2.24. The lowest BCUT2D eigenvalue weighted by molar-refractivity contribution is -0.121. The second-order valence-electron chi connectivity index (χ2n) is 3.51. The van der Waals surface area contributed by atoms with Crippen molar-refractivity contribution in [2.75, 3.05) is 7.05 Å². The third kappa shape index (κ3) is 2.53. The molecule has 0 aliphatic rings. The Morgan fingerprint density at radius 2 is 2.43 bits per heavy atom. The van der Waals surface area contributed by atoms with Crippen LogP contribution in [0.2, 0.25) is 0 Å². The van der Waals surface area contributed by atoms with E-state index < -0.39 is 5.54 Å². The van der Waals surface area contributed by atoms with Crippen LogP contribution in [0, 0.1) is 0 Å². The molecule has 1 heterocycles. The summed E-state index contributed by atoms with van der Waals surface area (Å²) in [4.78, 5) is 15.2. The minimum absolute atomic E-state index is 0.0705. The molecule has 1 aromatic heterocycles. The highest BCUT2D eigenvalue weighted by Crippen LogP contribution is 2.19. The van der Waals surface area contributed by atoms with Crippen molar-refractivity contribution in [3.63, 3.8) is 0 Å². The van der Waals surface area contributed by atoms with Gasteiger partial charge in [-0.15, -0.1) is 0 Å². The van der Waals surface area contributed by atoms with Crippen molar-refractivity contribution >= 4 is 5.91 Å². The fourth-order valence-electron chi connectivity index (χ4n) is 1.22. The number of nitrogens with two attached hydrogens (primary N) is 1. The topological polar surface area (TPSA) is 68.0 Å². The number of amides is 1. The fourth-order valence-corrected chi connectivity index (χ4v) is 1.22. The van der Waals surface area contributed by atoms with Gasteiger partial charge >= 0.3 is 0 Å². The number of carbonyl (C=O) groups is 1. The van der Waals surface area contributed by atoms with Crippen molar-refractivity contribution in [3.05, 3.63) is 30.1 Å². The SMILES string of the molecule is CNC(=O)C[C@](C)(N)c1cccnc1. The molecule has 4 nitrogen and oxygen atoms in total. The Kier molecular flexibility index (Phi) is 3.19. The first-order valence-corrected chi connectivity index (χ1v) is 4.46. The van der Waals surface area contributed by atoms with Crippen LogP contribution in [0.4, 0.5) is 0 Å². The highest BCUT2D eigenvalue weighted by atomic mass is 16.1. The smallest absolute Gasteiger partial charge is 0.221 e. The number of hydrogen-bond donors (Lipinski definition) is 2. The van der Waals surface area contributed by atoms with Crippen LogP contribution in [-0.4, -0.2) is 17.9 Å². The monoisotopic (exact) mass is 193 g/mol. The van der Waals surface area contributed by atoms with E-state index in [1.165, 1.54) is 0 Å². The summed E-state index contributed by atoms with van der Waals surface area (Å²) in [6.45, 7) is 1.82. The molecular weight excluding hydrogens is 178 g/mol. The zero-order chi connectivity index (χ0) is 10.6. The summed E-state index contributed by atoms with van der Waals surface area (Å²) >= 11 is 0. The molecule has 0 saturated carbocycles. The summed E-state index contributed by atoms with van der Waals surface area (Å²) in [5.41, 5.74) is 6.22. The van der Waals surface area contributed by atoms with Crippen molar-refractivity contribution in [2.24, 2.45) is 5.73 Å². The maximum Gasteiger partial charge on any atom is 0.221 e. The Balaban J connectivity index is 2.80. The normalized spacial score (nSPS) is 14.5. The maximum absolute atomic E-state index is 11.2. The number of pyridine rings is 1. The molecule has 1 atom stereocenters. The lowest BCUT2D eigenvalue weighted by atomic mass is 9.91. The average molecular weight is 193 g/mol. The summed E-state index contributed by atoms with van der Waals surface area (Å²) in [5, 5.41) is 2.55. The molecule has 76 valence electrons. The van der Waals surface area contributed by atoms with Crippen molar-refractivity contribution in [2.45, 2.75) is 18.9 Å². The molecule has 0 saturated heterocycles. The fraction of sp³-hybridized carbons (Fsp3) is 0.400. The average Bonchev–Trinajstić information content (AvgIpc) is 2.18. The number of rotatable bonds is 3. The van der Waals surface area contributed by atoms with Crippen molar-refractivity contribution in [1.82, 2.24) is 10.3 Å². The van der Waals surface area contributed by atoms with Crippen LogP contribution >= 0.6 is 0 Å². The Morgan fingerprint density at radius 1 is 1.71 bits per heavy atom.